The second-order valence-corrected chi connectivity index (χ2v) is 6.04. The van der Waals surface area contributed by atoms with E-state index in [1.54, 1.807) is 24.3 Å². The van der Waals surface area contributed by atoms with Crippen molar-refractivity contribution >= 4 is 23.2 Å². The zero-order valence-electron chi connectivity index (χ0n) is 15.0. The molecule has 132 valence electrons. The van der Waals surface area contributed by atoms with Gasteiger partial charge in [-0.3, -0.25) is 9.59 Å². The van der Waals surface area contributed by atoms with Gasteiger partial charge in [-0.2, -0.15) is 0 Å². The molecule has 2 aromatic rings. The summed E-state index contributed by atoms with van der Waals surface area (Å²) in [7, 11) is 0. The van der Waals surface area contributed by atoms with Gasteiger partial charge < -0.3 is 16.0 Å². The van der Waals surface area contributed by atoms with Crippen molar-refractivity contribution in [3.05, 3.63) is 59.2 Å². The lowest BCUT2D eigenvalue weighted by molar-refractivity contribution is -0.114. The molecule has 0 atom stereocenters. The van der Waals surface area contributed by atoms with E-state index in [-0.39, 0.29) is 18.4 Å². The third kappa shape index (κ3) is 5.64. The smallest absolute Gasteiger partial charge is 0.251 e. The van der Waals surface area contributed by atoms with Crippen molar-refractivity contribution in [1.82, 2.24) is 5.32 Å². The van der Waals surface area contributed by atoms with Crippen molar-refractivity contribution < 1.29 is 9.59 Å². The average molecular weight is 339 g/mol. The first kappa shape index (κ1) is 18.5. The van der Waals surface area contributed by atoms with Gasteiger partial charge in [0.15, 0.2) is 0 Å². The van der Waals surface area contributed by atoms with E-state index in [2.05, 4.69) is 22.9 Å². The van der Waals surface area contributed by atoms with Crippen LogP contribution in [0.4, 0.5) is 11.4 Å². The van der Waals surface area contributed by atoms with Crippen LogP contribution in [0.15, 0.2) is 42.5 Å². The summed E-state index contributed by atoms with van der Waals surface area (Å²) < 4.78 is 0. The summed E-state index contributed by atoms with van der Waals surface area (Å²) in [5.41, 5.74) is 4.44. The van der Waals surface area contributed by atoms with Gasteiger partial charge in [0.05, 0.1) is 6.54 Å². The molecule has 5 nitrogen and oxygen atoms in total. The van der Waals surface area contributed by atoms with Gasteiger partial charge in [0.25, 0.3) is 5.91 Å². The van der Waals surface area contributed by atoms with Crippen LogP contribution in [0.5, 0.6) is 0 Å². The number of carbonyl (C=O) groups excluding carboxylic acids is 2. The minimum atomic E-state index is -0.163. The third-order valence-electron chi connectivity index (χ3n) is 3.90. The Bertz CT molecular complexity index is 756. The molecule has 0 saturated heterocycles. The van der Waals surface area contributed by atoms with Crippen LogP contribution in [0.2, 0.25) is 0 Å². The van der Waals surface area contributed by atoms with E-state index >= 15 is 0 Å². The van der Waals surface area contributed by atoms with Crippen molar-refractivity contribution in [1.29, 1.82) is 0 Å². The fraction of sp³-hybridized carbons (Fsp3) is 0.300. The van der Waals surface area contributed by atoms with Crippen LogP contribution in [0.25, 0.3) is 0 Å². The molecule has 3 N–H and O–H groups in total. The molecule has 0 heterocycles. The normalized spacial score (nSPS) is 10.2. The van der Waals surface area contributed by atoms with Crippen LogP contribution in [0.3, 0.4) is 0 Å². The summed E-state index contributed by atoms with van der Waals surface area (Å²) in [5.74, 6) is -0.296. The second-order valence-electron chi connectivity index (χ2n) is 6.04. The molecule has 25 heavy (non-hydrogen) atoms. The molecule has 0 fully saturated rings. The van der Waals surface area contributed by atoms with Crippen LogP contribution in [-0.4, -0.2) is 24.9 Å². The SMILES string of the molecule is CCCNC(=O)c1cccc(NC(=O)CNc2ccc(C)c(C)c2)c1. The van der Waals surface area contributed by atoms with E-state index < -0.39 is 0 Å². The van der Waals surface area contributed by atoms with Gasteiger partial charge in [-0.25, -0.2) is 0 Å². The first-order valence-electron chi connectivity index (χ1n) is 8.49. The fourth-order valence-corrected chi connectivity index (χ4v) is 2.32. The Morgan fingerprint density at radius 3 is 2.48 bits per heavy atom. The molecule has 0 radical (unpaired) electrons. The van der Waals surface area contributed by atoms with Crippen LogP contribution in [0.1, 0.15) is 34.8 Å². The van der Waals surface area contributed by atoms with E-state index in [1.165, 1.54) is 11.1 Å². The van der Waals surface area contributed by atoms with Crippen LogP contribution >= 0.6 is 0 Å². The van der Waals surface area contributed by atoms with Crippen molar-refractivity contribution in [2.45, 2.75) is 27.2 Å². The molecule has 0 aromatic heterocycles. The summed E-state index contributed by atoms with van der Waals surface area (Å²) in [4.78, 5) is 24.1. The largest absolute Gasteiger partial charge is 0.376 e. The molecular formula is C20H25N3O2. The zero-order chi connectivity index (χ0) is 18.2. The minimum Gasteiger partial charge on any atom is -0.376 e. The molecule has 2 amide bonds. The minimum absolute atomic E-state index is 0.133. The number of nitrogens with one attached hydrogen (secondary N) is 3. The van der Waals surface area contributed by atoms with Crippen molar-refractivity contribution in [2.24, 2.45) is 0 Å². The Morgan fingerprint density at radius 1 is 0.960 bits per heavy atom. The monoisotopic (exact) mass is 339 g/mol. The molecule has 2 rings (SSSR count). The fourth-order valence-electron chi connectivity index (χ4n) is 2.32. The van der Waals surface area contributed by atoms with Gasteiger partial charge in [-0.05, 0) is 61.7 Å². The van der Waals surface area contributed by atoms with E-state index in [4.69, 9.17) is 0 Å². The van der Waals surface area contributed by atoms with Gasteiger partial charge >= 0.3 is 0 Å². The number of aryl methyl sites for hydroxylation is 2. The van der Waals surface area contributed by atoms with Crippen molar-refractivity contribution in [2.75, 3.05) is 23.7 Å². The van der Waals surface area contributed by atoms with Crippen molar-refractivity contribution in [3.63, 3.8) is 0 Å². The third-order valence-corrected chi connectivity index (χ3v) is 3.90. The first-order valence-corrected chi connectivity index (χ1v) is 8.49. The highest BCUT2D eigenvalue weighted by Gasteiger charge is 2.07. The average Bonchev–Trinajstić information content (AvgIpc) is 2.61. The predicted molar refractivity (Wildman–Crippen MR) is 102 cm³/mol. The highest BCUT2D eigenvalue weighted by atomic mass is 16.2. The van der Waals surface area contributed by atoms with Crippen LogP contribution in [-0.2, 0) is 4.79 Å². The highest BCUT2D eigenvalue weighted by Crippen LogP contribution is 2.14. The molecule has 5 heteroatoms. The summed E-state index contributed by atoms with van der Waals surface area (Å²) in [5, 5.41) is 8.74. The zero-order valence-corrected chi connectivity index (χ0v) is 15.0. The number of amides is 2. The van der Waals surface area contributed by atoms with E-state index in [9.17, 15) is 9.59 Å². The summed E-state index contributed by atoms with van der Waals surface area (Å²) in [6.45, 7) is 6.88. The maximum atomic E-state index is 12.1. The molecule has 0 unspecified atom stereocenters. The summed E-state index contributed by atoms with van der Waals surface area (Å²) in [6.07, 6.45) is 0.881. The molecule has 2 aromatic carbocycles. The maximum Gasteiger partial charge on any atom is 0.251 e. The molecule has 0 aliphatic rings. The molecule has 0 bridgehead atoms. The lowest BCUT2D eigenvalue weighted by Crippen LogP contribution is -2.24. The highest BCUT2D eigenvalue weighted by molar-refractivity contribution is 5.98. The van der Waals surface area contributed by atoms with Gasteiger partial charge in [-0.15, -0.1) is 0 Å². The van der Waals surface area contributed by atoms with Gasteiger partial charge in [0.1, 0.15) is 0 Å². The maximum absolute atomic E-state index is 12.1. The molecule has 0 spiro atoms. The Hall–Kier alpha value is -2.82. The Kier molecular flexibility index (Phi) is 6.57. The predicted octanol–water partition coefficient (Wildman–Crippen LogP) is 3.49. The number of anilines is 2. The Balaban J connectivity index is 1.91. The summed E-state index contributed by atoms with van der Waals surface area (Å²) >= 11 is 0. The van der Waals surface area contributed by atoms with E-state index in [0.29, 0.717) is 17.8 Å². The molecule has 0 aliphatic heterocycles. The molecule has 0 saturated carbocycles. The van der Waals surface area contributed by atoms with Gasteiger partial charge in [0.2, 0.25) is 5.91 Å². The lowest BCUT2D eigenvalue weighted by Gasteiger charge is -2.10. The van der Waals surface area contributed by atoms with Crippen molar-refractivity contribution in [3.8, 4) is 0 Å². The number of hydrogen-bond acceptors (Lipinski definition) is 3. The quantitative estimate of drug-likeness (QED) is 0.723. The number of hydrogen-bond donors (Lipinski definition) is 3. The molecule has 0 aliphatic carbocycles. The number of carbonyl (C=O) groups is 2. The lowest BCUT2D eigenvalue weighted by atomic mass is 10.1. The topological polar surface area (TPSA) is 70.2 Å². The van der Waals surface area contributed by atoms with Gasteiger partial charge in [-0.1, -0.05) is 19.1 Å². The van der Waals surface area contributed by atoms with Crippen LogP contribution in [0, 0.1) is 13.8 Å². The standard InChI is InChI=1S/C20H25N3O2/c1-4-10-21-20(25)16-6-5-7-18(12-16)23-19(24)13-22-17-9-8-14(2)15(3)11-17/h5-9,11-12,22H,4,10,13H2,1-3H3,(H,21,25)(H,23,24). The first-order chi connectivity index (χ1) is 12.0. The second kappa shape index (κ2) is 8.87. The van der Waals surface area contributed by atoms with Crippen LogP contribution < -0.4 is 16.0 Å². The number of rotatable bonds is 7. The Morgan fingerprint density at radius 2 is 1.76 bits per heavy atom. The Labute approximate surface area is 148 Å². The summed E-state index contributed by atoms with van der Waals surface area (Å²) in [6, 6.07) is 12.9. The number of benzene rings is 2. The van der Waals surface area contributed by atoms with Gasteiger partial charge in [0, 0.05) is 23.5 Å². The molecular weight excluding hydrogens is 314 g/mol. The van der Waals surface area contributed by atoms with E-state index in [1.807, 2.05) is 32.0 Å². The van der Waals surface area contributed by atoms with E-state index in [0.717, 1.165) is 12.1 Å².